The molecule has 1 rings (SSSR count). The zero-order valence-electron chi connectivity index (χ0n) is 11.5. The first-order valence-electron chi connectivity index (χ1n) is 7.25. The molecule has 1 fully saturated rings. The van der Waals surface area contributed by atoms with Crippen LogP contribution in [0.4, 0.5) is 0 Å². The lowest BCUT2D eigenvalue weighted by molar-refractivity contribution is 0.412. The van der Waals surface area contributed by atoms with Gasteiger partial charge in [0.05, 0.1) is 0 Å². The molecular weight excluding hydrogens is 210 g/mol. The van der Waals surface area contributed by atoms with Crippen LogP contribution >= 0.6 is 0 Å². The Morgan fingerprint density at radius 2 is 1.94 bits per heavy atom. The van der Waals surface area contributed by atoms with Crippen molar-refractivity contribution in [2.45, 2.75) is 71.3 Å². The molecule has 3 N–H and O–H groups in total. The minimum absolute atomic E-state index is 0.572. The zero-order chi connectivity index (χ0) is 12.5. The first-order chi connectivity index (χ1) is 8.18. The van der Waals surface area contributed by atoms with E-state index >= 15 is 0 Å². The minimum Gasteiger partial charge on any atom is -0.370 e. The van der Waals surface area contributed by atoms with Gasteiger partial charge in [-0.1, -0.05) is 46.0 Å². The van der Waals surface area contributed by atoms with E-state index in [0.717, 1.165) is 18.9 Å². The summed E-state index contributed by atoms with van der Waals surface area (Å²) in [5, 5.41) is 3.35. The van der Waals surface area contributed by atoms with E-state index in [1.54, 1.807) is 0 Å². The van der Waals surface area contributed by atoms with Crippen LogP contribution in [0.15, 0.2) is 4.99 Å². The second-order valence-corrected chi connectivity index (χ2v) is 5.64. The molecular formula is C14H29N3. The highest BCUT2D eigenvalue weighted by molar-refractivity contribution is 5.78. The third-order valence-corrected chi connectivity index (χ3v) is 3.43. The molecule has 0 unspecified atom stereocenters. The van der Waals surface area contributed by atoms with Crippen molar-refractivity contribution in [2.24, 2.45) is 16.6 Å². The molecule has 0 radical (unpaired) electrons. The number of hydrogen-bond acceptors (Lipinski definition) is 1. The van der Waals surface area contributed by atoms with Crippen LogP contribution in [-0.2, 0) is 0 Å². The van der Waals surface area contributed by atoms with Crippen LogP contribution in [0.3, 0.4) is 0 Å². The first kappa shape index (κ1) is 14.3. The van der Waals surface area contributed by atoms with Gasteiger partial charge < -0.3 is 11.1 Å². The zero-order valence-corrected chi connectivity index (χ0v) is 11.5. The fourth-order valence-electron chi connectivity index (χ4n) is 2.37. The van der Waals surface area contributed by atoms with Crippen LogP contribution in [0.5, 0.6) is 0 Å². The number of guanidine groups is 1. The third kappa shape index (κ3) is 7.24. The molecule has 0 aliphatic heterocycles. The highest BCUT2D eigenvalue weighted by atomic mass is 15.1. The molecule has 17 heavy (non-hydrogen) atoms. The standard InChI is InChI=1S/C14H29N3/c1-12(2)8-6-7-11-16-14(15)17-13-9-4-3-5-10-13/h12-13H,3-11H2,1-2H3,(H3,15,16,17). The van der Waals surface area contributed by atoms with Crippen molar-refractivity contribution in [3.63, 3.8) is 0 Å². The molecule has 1 aliphatic carbocycles. The Kier molecular flexibility index (Phi) is 7.06. The summed E-state index contributed by atoms with van der Waals surface area (Å²) in [4.78, 5) is 4.40. The van der Waals surface area contributed by atoms with Gasteiger partial charge in [-0.2, -0.15) is 0 Å². The highest BCUT2D eigenvalue weighted by Crippen LogP contribution is 2.17. The molecule has 0 aromatic carbocycles. The van der Waals surface area contributed by atoms with Gasteiger partial charge in [-0.25, -0.2) is 0 Å². The number of hydrogen-bond donors (Lipinski definition) is 2. The number of unbranched alkanes of at least 4 members (excludes halogenated alkanes) is 1. The SMILES string of the molecule is CC(C)CCCCN=C(N)NC1CCCCC1. The van der Waals surface area contributed by atoms with Gasteiger partial charge in [-0.05, 0) is 25.2 Å². The van der Waals surface area contributed by atoms with Crippen molar-refractivity contribution in [1.29, 1.82) is 0 Å². The second kappa shape index (κ2) is 8.37. The molecule has 1 saturated carbocycles. The first-order valence-corrected chi connectivity index (χ1v) is 7.25. The summed E-state index contributed by atoms with van der Waals surface area (Å²) in [7, 11) is 0. The molecule has 0 amide bonds. The number of nitrogens with one attached hydrogen (secondary N) is 1. The molecule has 100 valence electrons. The smallest absolute Gasteiger partial charge is 0.188 e. The predicted molar refractivity (Wildman–Crippen MR) is 75.2 cm³/mol. The van der Waals surface area contributed by atoms with Crippen LogP contribution in [0, 0.1) is 5.92 Å². The van der Waals surface area contributed by atoms with Crippen LogP contribution in [0.1, 0.15) is 65.2 Å². The van der Waals surface area contributed by atoms with E-state index in [1.165, 1.54) is 44.9 Å². The van der Waals surface area contributed by atoms with Crippen molar-refractivity contribution < 1.29 is 0 Å². The predicted octanol–water partition coefficient (Wildman–Crippen LogP) is 3.05. The second-order valence-electron chi connectivity index (χ2n) is 5.64. The lowest BCUT2D eigenvalue weighted by Crippen LogP contribution is -2.41. The topological polar surface area (TPSA) is 50.4 Å². The van der Waals surface area contributed by atoms with Gasteiger partial charge in [0.15, 0.2) is 5.96 Å². The Balaban J connectivity index is 2.07. The maximum Gasteiger partial charge on any atom is 0.188 e. The van der Waals surface area contributed by atoms with Gasteiger partial charge in [-0.3, -0.25) is 4.99 Å². The van der Waals surface area contributed by atoms with Gasteiger partial charge in [0.25, 0.3) is 0 Å². The maximum absolute atomic E-state index is 5.89. The molecule has 0 spiro atoms. The summed E-state index contributed by atoms with van der Waals surface area (Å²) in [6, 6.07) is 0.572. The van der Waals surface area contributed by atoms with E-state index in [-0.39, 0.29) is 0 Å². The van der Waals surface area contributed by atoms with Crippen molar-refractivity contribution >= 4 is 5.96 Å². The summed E-state index contributed by atoms with van der Waals surface area (Å²) in [6.07, 6.45) is 10.3. The van der Waals surface area contributed by atoms with Gasteiger partial charge in [0.1, 0.15) is 0 Å². The fourth-order valence-corrected chi connectivity index (χ4v) is 2.37. The Labute approximate surface area is 106 Å². The fraction of sp³-hybridized carbons (Fsp3) is 0.929. The molecule has 1 aliphatic rings. The van der Waals surface area contributed by atoms with E-state index in [4.69, 9.17) is 5.73 Å². The van der Waals surface area contributed by atoms with Crippen LogP contribution in [-0.4, -0.2) is 18.5 Å². The highest BCUT2D eigenvalue weighted by Gasteiger charge is 2.12. The monoisotopic (exact) mass is 239 g/mol. The number of nitrogens with zero attached hydrogens (tertiary/aromatic N) is 1. The van der Waals surface area contributed by atoms with E-state index in [9.17, 15) is 0 Å². The van der Waals surface area contributed by atoms with Crippen molar-refractivity contribution in [1.82, 2.24) is 5.32 Å². The summed E-state index contributed by atoms with van der Waals surface area (Å²) in [5.74, 6) is 1.46. The minimum atomic E-state index is 0.572. The Morgan fingerprint density at radius 3 is 2.59 bits per heavy atom. The Morgan fingerprint density at radius 1 is 1.24 bits per heavy atom. The Hall–Kier alpha value is -0.730. The average Bonchev–Trinajstić information content (AvgIpc) is 2.29. The lowest BCUT2D eigenvalue weighted by atomic mass is 9.96. The maximum atomic E-state index is 5.89. The normalized spacial score (nSPS) is 18.6. The van der Waals surface area contributed by atoms with Crippen LogP contribution in [0.25, 0.3) is 0 Å². The van der Waals surface area contributed by atoms with E-state index < -0.39 is 0 Å². The van der Waals surface area contributed by atoms with Crippen molar-refractivity contribution in [3.05, 3.63) is 0 Å². The Bertz CT molecular complexity index is 218. The molecule has 0 bridgehead atoms. The average molecular weight is 239 g/mol. The molecule has 0 saturated heterocycles. The number of nitrogens with two attached hydrogens (primary N) is 1. The van der Waals surface area contributed by atoms with Crippen molar-refractivity contribution in [3.8, 4) is 0 Å². The molecule has 0 atom stereocenters. The molecule has 3 heteroatoms. The summed E-state index contributed by atoms with van der Waals surface area (Å²) >= 11 is 0. The molecule has 3 nitrogen and oxygen atoms in total. The van der Waals surface area contributed by atoms with Gasteiger partial charge in [0.2, 0.25) is 0 Å². The van der Waals surface area contributed by atoms with E-state index in [2.05, 4.69) is 24.2 Å². The van der Waals surface area contributed by atoms with Gasteiger partial charge in [0, 0.05) is 12.6 Å². The lowest BCUT2D eigenvalue weighted by Gasteiger charge is -2.23. The molecule has 0 heterocycles. The largest absolute Gasteiger partial charge is 0.370 e. The number of rotatable bonds is 6. The quantitative estimate of drug-likeness (QED) is 0.425. The summed E-state index contributed by atoms with van der Waals surface area (Å²) in [6.45, 7) is 5.41. The number of aliphatic imine (C=N–C) groups is 1. The van der Waals surface area contributed by atoms with Crippen LogP contribution in [0.2, 0.25) is 0 Å². The van der Waals surface area contributed by atoms with Gasteiger partial charge >= 0.3 is 0 Å². The molecule has 0 aromatic heterocycles. The summed E-state index contributed by atoms with van der Waals surface area (Å²) in [5.41, 5.74) is 5.89. The van der Waals surface area contributed by atoms with E-state index in [0.29, 0.717) is 12.0 Å². The van der Waals surface area contributed by atoms with E-state index in [1.807, 2.05) is 0 Å². The summed E-state index contributed by atoms with van der Waals surface area (Å²) < 4.78 is 0. The van der Waals surface area contributed by atoms with Crippen molar-refractivity contribution in [2.75, 3.05) is 6.54 Å². The third-order valence-electron chi connectivity index (χ3n) is 3.43. The molecule has 0 aromatic rings. The van der Waals surface area contributed by atoms with Gasteiger partial charge in [-0.15, -0.1) is 0 Å². The van der Waals surface area contributed by atoms with Crippen LogP contribution < -0.4 is 11.1 Å².